The van der Waals surface area contributed by atoms with Crippen molar-refractivity contribution >= 4 is 22.8 Å². The predicted octanol–water partition coefficient (Wildman–Crippen LogP) is 1.94. The highest BCUT2D eigenvalue weighted by molar-refractivity contribution is 8.13. The summed E-state index contributed by atoms with van der Waals surface area (Å²) >= 11 is 1.13. The Morgan fingerprint density at radius 1 is 1.56 bits per heavy atom. The van der Waals surface area contributed by atoms with Crippen molar-refractivity contribution in [2.75, 3.05) is 5.75 Å². The van der Waals surface area contributed by atoms with Crippen LogP contribution in [0.3, 0.4) is 0 Å². The minimum atomic E-state index is -1.36. The molecule has 0 amide bonds. The molecule has 1 aromatic rings. The maximum absolute atomic E-state index is 13.6. The number of carbonyl (C=O) groups is 2. The van der Waals surface area contributed by atoms with Gasteiger partial charge in [-0.25, -0.2) is 14.2 Å². The van der Waals surface area contributed by atoms with Crippen molar-refractivity contribution < 1.29 is 19.1 Å². The number of aromatic carboxylic acids is 1. The van der Waals surface area contributed by atoms with Gasteiger partial charge < -0.3 is 5.11 Å². The lowest BCUT2D eigenvalue weighted by atomic mass is 10.2. The molecule has 0 unspecified atom stereocenters. The average molecular weight is 267 g/mol. The van der Waals surface area contributed by atoms with Gasteiger partial charge in [-0.1, -0.05) is 17.7 Å². The van der Waals surface area contributed by atoms with Gasteiger partial charge in [0, 0.05) is 25.3 Å². The molecule has 0 radical (unpaired) electrons. The second kappa shape index (κ2) is 6.77. The Morgan fingerprint density at radius 3 is 2.89 bits per heavy atom. The molecule has 1 rings (SSSR count). The van der Waals surface area contributed by atoms with E-state index < -0.39 is 17.3 Å². The summed E-state index contributed by atoms with van der Waals surface area (Å²) in [7, 11) is 0. The van der Waals surface area contributed by atoms with E-state index in [1.165, 1.54) is 13.1 Å². The van der Waals surface area contributed by atoms with Gasteiger partial charge in [-0.2, -0.15) is 0 Å². The molecule has 6 heteroatoms. The van der Waals surface area contributed by atoms with E-state index in [2.05, 4.69) is 16.8 Å². The summed E-state index contributed by atoms with van der Waals surface area (Å²) < 4.78 is 13.6. The number of rotatable bonds is 3. The highest BCUT2D eigenvalue weighted by Gasteiger charge is 2.13. The number of aromatic nitrogens is 1. The lowest BCUT2D eigenvalue weighted by Gasteiger charge is -1.97. The smallest absolute Gasteiger partial charge is 0.338 e. The summed E-state index contributed by atoms with van der Waals surface area (Å²) in [5.41, 5.74) is -0.643. The fraction of sp³-hybridized carbons (Fsp3) is 0.250. The normalized spacial score (nSPS) is 9.44. The van der Waals surface area contributed by atoms with Gasteiger partial charge in [-0.15, -0.1) is 0 Å². The third kappa shape index (κ3) is 4.18. The van der Waals surface area contributed by atoms with Crippen molar-refractivity contribution in [2.45, 2.75) is 13.3 Å². The molecule has 18 heavy (non-hydrogen) atoms. The topological polar surface area (TPSA) is 67.3 Å². The third-order valence-corrected chi connectivity index (χ3v) is 2.67. The van der Waals surface area contributed by atoms with Crippen LogP contribution in [-0.2, 0) is 4.79 Å². The molecule has 0 saturated heterocycles. The standard InChI is InChI=1S/C12H10FNO3S/c1-8(15)18-7-3-2-4-10-11(13)9(12(16)17)5-6-14-10/h5-6H,3,7H2,1H3,(H,16,17). The minimum absolute atomic E-state index is 0.00557. The molecule has 0 aliphatic carbocycles. The van der Waals surface area contributed by atoms with E-state index in [0.29, 0.717) is 12.2 Å². The van der Waals surface area contributed by atoms with Gasteiger partial charge in [0.05, 0.1) is 5.56 Å². The maximum Gasteiger partial charge on any atom is 0.338 e. The van der Waals surface area contributed by atoms with Crippen LogP contribution in [0.4, 0.5) is 4.39 Å². The largest absolute Gasteiger partial charge is 0.478 e. The number of thioether (sulfide) groups is 1. The van der Waals surface area contributed by atoms with Gasteiger partial charge in [0.1, 0.15) is 5.69 Å². The molecule has 0 fully saturated rings. The second-order valence-electron chi connectivity index (χ2n) is 3.22. The number of nitrogens with zero attached hydrogens (tertiary/aromatic N) is 1. The lowest BCUT2D eigenvalue weighted by molar-refractivity contribution is -0.109. The van der Waals surface area contributed by atoms with E-state index in [0.717, 1.165) is 17.8 Å². The first kappa shape index (κ1) is 14.2. The van der Waals surface area contributed by atoms with Crippen LogP contribution >= 0.6 is 11.8 Å². The van der Waals surface area contributed by atoms with Gasteiger partial charge >= 0.3 is 5.97 Å². The van der Waals surface area contributed by atoms with E-state index in [9.17, 15) is 14.0 Å². The maximum atomic E-state index is 13.6. The number of pyridine rings is 1. The van der Waals surface area contributed by atoms with Crippen LogP contribution in [0.15, 0.2) is 12.3 Å². The Kier molecular flexibility index (Phi) is 5.33. The quantitative estimate of drug-likeness (QED) is 0.669. The molecular weight excluding hydrogens is 257 g/mol. The van der Waals surface area contributed by atoms with E-state index in [1.54, 1.807) is 0 Å². The Bertz CT molecular complexity index is 534. The number of hydrogen-bond acceptors (Lipinski definition) is 4. The second-order valence-corrected chi connectivity index (χ2v) is 4.49. The summed E-state index contributed by atoms with van der Waals surface area (Å²) in [5, 5.41) is 8.70. The number of carboxylic acid groups (broad SMARTS) is 1. The van der Waals surface area contributed by atoms with Crippen LogP contribution in [0, 0.1) is 17.7 Å². The lowest BCUT2D eigenvalue weighted by Crippen LogP contribution is -2.03. The summed E-state index contributed by atoms with van der Waals surface area (Å²) in [5.74, 6) is 3.33. The van der Waals surface area contributed by atoms with E-state index in [-0.39, 0.29) is 10.8 Å². The fourth-order valence-corrected chi connectivity index (χ4v) is 1.58. The van der Waals surface area contributed by atoms with E-state index >= 15 is 0 Å². The van der Waals surface area contributed by atoms with Gasteiger partial charge in [0.2, 0.25) is 0 Å². The summed E-state index contributed by atoms with van der Waals surface area (Å²) in [6, 6.07) is 1.08. The van der Waals surface area contributed by atoms with Crippen molar-refractivity contribution in [3.63, 3.8) is 0 Å². The highest BCUT2D eigenvalue weighted by atomic mass is 32.2. The van der Waals surface area contributed by atoms with Crippen LogP contribution in [0.1, 0.15) is 29.4 Å². The van der Waals surface area contributed by atoms with E-state index in [1.807, 2.05) is 0 Å². The van der Waals surface area contributed by atoms with Crippen LogP contribution in [0.2, 0.25) is 0 Å². The molecule has 0 aromatic carbocycles. The van der Waals surface area contributed by atoms with Crippen molar-refractivity contribution in [2.24, 2.45) is 0 Å². The Hall–Kier alpha value is -1.87. The fourth-order valence-electron chi connectivity index (χ4n) is 1.09. The Balaban J connectivity index is 2.74. The summed E-state index contributed by atoms with van der Waals surface area (Å²) in [6.07, 6.45) is 1.60. The molecule has 1 aromatic heterocycles. The molecule has 1 heterocycles. The van der Waals surface area contributed by atoms with Crippen molar-refractivity contribution in [1.29, 1.82) is 0 Å². The Morgan fingerprint density at radius 2 is 2.28 bits per heavy atom. The van der Waals surface area contributed by atoms with Crippen LogP contribution < -0.4 is 0 Å². The molecule has 0 atom stereocenters. The van der Waals surface area contributed by atoms with Gasteiger partial charge in [-0.05, 0) is 12.0 Å². The van der Waals surface area contributed by atoms with Gasteiger partial charge in [0.25, 0.3) is 0 Å². The Labute approximate surface area is 108 Å². The monoisotopic (exact) mass is 267 g/mol. The zero-order chi connectivity index (χ0) is 13.5. The molecule has 0 spiro atoms. The molecule has 0 saturated carbocycles. The molecule has 0 aliphatic rings. The first-order chi connectivity index (χ1) is 8.52. The molecule has 0 aliphatic heterocycles. The van der Waals surface area contributed by atoms with E-state index in [4.69, 9.17) is 5.11 Å². The predicted molar refractivity (Wildman–Crippen MR) is 65.8 cm³/mol. The van der Waals surface area contributed by atoms with Gasteiger partial charge in [-0.3, -0.25) is 4.79 Å². The number of carboxylic acids is 1. The van der Waals surface area contributed by atoms with Crippen LogP contribution in [-0.4, -0.2) is 26.9 Å². The van der Waals surface area contributed by atoms with Gasteiger partial charge in [0.15, 0.2) is 10.9 Å². The molecule has 1 N–H and O–H groups in total. The number of carbonyl (C=O) groups excluding carboxylic acids is 1. The number of halogens is 1. The van der Waals surface area contributed by atoms with Crippen LogP contribution in [0.5, 0.6) is 0 Å². The first-order valence-electron chi connectivity index (χ1n) is 5.02. The summed E-state index contributed by atoms with van der Waals surface area (Å²) in [4.78, 5) is 25.0. The van der Waals surface area contributed by atoms with Crippen molar-refractivity contribution in [1.82, 2.24) is 4.98 Å². The number of hydrogen-bond donors (Lipinski definition) is 1. The average Bonchev–Trinajstić information content (AvgIpc) is 2.30. The third-order valence-electron chi connectivity index (χ3n) is 1.86. The summed E-state index contributed by atoms with van der Waals surface area (Å²) in [6.45, 7) is 1.45. The van der Waals surface area contributed by atoms with Crippen molar-refractivity contribution in [3.05, 3.63) is 29.3 Å². The minimum Gasteiger partial charge on any atom is -0.478 e. The zero-order valence-corrected chi connectivity index (χ0v) is 10.4. The van der Waals surface area contributed by atoms with Crippen LogP contribution in [0.25, 0.3) is 0 Å². The SMILES string of the molecule is CC(=O)SCCC#Cc1nccc(C(=O)O)c1F. The molecule has 94 valence electrons. The molecule has 0 bridgehead atoms. The highest BCUT2D eigenvalue weighted by Crippen LogP contribution is 2.09. The van der Waals surface area contributed by atoms with Crippen molar-refractivity contribution in [3.8, 4) is 11.8 Å². The zero-order valence-electron chi connectivity index (χ0n) is 9.57. The molecular formula is C12H10FNO3S. The first-order valence-corrected chi connectivity index (χ1v) is 6.01. The molecule has 4 nitrogen and oxygen atoms in total.